The lowest BCUT2D eigenvalue weighted by molar-refractivity contribution is 0.339. The van der Waals surface area contributed by atoms with Gasteiger partial charge in [-0.15, -0.1) is 0 Å². The summed E-state index contributed by atoms with van der Waals surface area (Å²) in [4.78, 5) is 0. The molecule has 0 aromatic carbocycles. The molecule has 0 heterocycles. The van der Waals surface area contributed by atoms with E-state index >= 15 is 0 Å². The van der Waals surface area contributed by atoms with Crippen LogP contribution in [0.4, 0.5) is 0 Å². The summed E-state index contributed by atoms with van der Waals surface area (Å²) in [7, 11) is -1.44. The molecule has 0 fully saturated rings. The molecule has 2 heteroatoms. The van der Waals surface area contributed by atoms with Crippen molar-refractivity contribution < 1.29 is 4.43 Å². The lowest BCUT2D eigenvalue weighted by Crippen LogP contribution is -2.27. The zero-order valence-corrected chi connectivity index (χ0v) is 11.9. The third kappa shape index (κ3) is 3.86. The Morgan fingerprint density at radius 3 is 2.40 bits per heavy atom. The van der Waals surface area contributed by atoms with Gasteiger partial charge in [0.05, 0.1) is 5.76 Å². The molecule has 0 spiro atoms. The first-order chi connectivity index (χ1) is 6.79. The Hall–Kier alpha value is -0.503. The van der Waals surface area contributed by atoms with Crippen LogP contribution in [0.2, 0.25) is 19.6 Å². The first kappa shape index (κ1) is 12.6. The van der Waals surface area contributed by atoms with Crippen LogP contribution >= 0.6 is 0 Å². The van der Waals surface area contributed by atoms with Crippen molar-refractivity contribution in [2.24, 2.45) is 11.8 Å². The standard InChI is InChI=1S/C13H24OSi/c1-10(2)12-8-7-11(3)13(9-12)14-15(4,5)6/h7-8,10,12H,9H2,1-6H3/t12-/m1/s1. The summed E-state index contributed by atoms with van der Waals surface area (Å²) in [6.07, 6.45) is 5.64. The lowest BCUT2D eigenvalue weighted by atomic mass is 9.87. The molecular formula is C13H24OSi. The van der Waals surface area contributed by atoms with E-state index in [1.165, 1.54) is 11.3 Å². The van der Waals surface area contributed by atoms with Crippen molar-refractivity contribution in [1.29, 1.82) is 0 Å². The second kappa shape index (κ2) is 4.56. The van der Waals surface area contributed by atoms with Gasteiger partial charge in [-0.25, -0.2) is 0 Å². The molecule has 0 aromatic heterocycles. The van der Waals surface area contributed by atoms with Gasteiger partial charge in [-0.05, 0) is 44.0 Å². The third-order valence-corrected chi connectivity index (χ3v) is 3.60. The van der Waals surface area contributed by atoms with E-state index in [1.807, 2.05) is 0 Å². The predicted molar refractivity (Wildman–Crippen MR) is 69.2 cm³/mol. The second-order valence-corrected chi connectivity index (χ2v) is 10.2. The first-order valence-corrected chi connectivity index (χ1v) is 9.27. The van der Waals surface area contributed by atoms with Crippen molar-refractivity contribution in [3.05, 3.63) is 23.5 Å². The zero-order chi connectivity index (χ0) is 11.6. The maximum Gasteiger partial charge on any atom is 0.241 e. The highest BCUT2D eigenvalue weighted by Gasteiger charge is 2.23. The van der Waals surface area contributed by atoms with E-state index in [0.29, 0.717) is 11.8 Å². The van der Waals surface area contributed by atoms with Crippen molar-refractivity contribution in [3.63, 3.8) is 0 Å². The molecule has 0 radical (unpaired) electrons. The molecule has 0 unspecified atom stereocenters. The van der Waals surface area contributed by atoms with Crippen LogP contribution in [0.15, 0.2) is 23.5 Å². The Balaban J connectivity index is 2.75. The molecule has 0 aliphatic heterocycles. The smallest absolute Gasteiger partial charge is 0.241 e. The molecule has 0 bridgehead atoms. The summed E-state index contributed by atoms with van der Waals surface area (Å²) in [5.74, 6) is 2.59. The van der Waals surface area contributed by atoms with Crippen LogP contribution in [-0.4, -0.2) is 8.32 Å². The molecule has 1 nitrogen and oxygen atoms in total. The average molecular weight is 224 g/mol. The fourth-order valence-electron chi connectivity index (χ4n) is 1.75. The molecule has 1 aliphatic carbocycles. The van der Waals surface area contributed by atoms with Gasteiger partial charge in [-0.1, -0.05) is 26.0 Å². The van der Waals surface area contributed by atoms with E-state index in [1.54, 1.807) is 0 Å². The molecule has 0 saturated heterocycles. The van der Waals surface area contributed by atoms with E-state index < -0.39 is 8.32 Å². The van der Waals surface area contributed by atoms with Gasteiger partial charge in [0.15, 0.2) is 0 Å². The minimum atomic E-state index is -1.44. The molecule has 1 aliphatic rings. The van der Waals surface area contributed by atoms with Gasteiger partial charge in [-0.2, -0.15) is 0 Å². The fraction of sp³-hybridized carbons (Fsp3) is 0.692. The fourth-order valence-corrected chi connectivity index (χ4v) is 2.74. The Labute approximate surface area is 95.4 Å². The van der Waals surface area contributed by atoms with Gasteiger partial charge in [0, 0.05) is 6.42 Å². The molecule has 0 aromatic rings. The molecule has 0 amide bonds. The van der Waals surface area contributed by atoms with Gasteiger partial charge in [0.25, 0.3) is 0 Å². The van der Waals surface area contributed by atoms with Crippen molar-refractivity contribution >= 4 is 8.32 Å². The van der Waals surface area contributed by atoms with Crippen LogP contribution in [0.1, 0.15) is 27.2 Å². The van der Waals surface area contributed by atoms with Crippen LogP contribution in [-0.2, 0) is 4.43 Å². The van der Waals surface area contributed by atoms with Crippen molar-refractivity contribution in [2.45, 2.75) is 46.8 Å². The van der Waals surface area contributed by atoms with Gasteiger partial charge in [-0.3, -0.25) is 0 Å². The Morgan fingerprint density at radius 2 is 1.93 bits per heavy atom. The monoisotopic (exact) mass is 224 g/mol. The highest BCUT2D eigenvalue weighted by Crippen LogP contribution is 2.30. The maximum atomic E-state index is 6.14. The molecule has 0 N–H and O–H groups in total. The van der Waals surface area contributed by atoms with Crippen LogP contribution < -0.4 is 0 Å². The summed E-state index contributed by atoms with van der Waals surface area (Å²) < 4.78 is 6.14. The van der Waals surface area contributed by atoms with Gasteiger partial charge < -0.3 is 4.43 Å². The second-order valence-electron chi connectivity index (χ2n) is 5.79. The summed E-state index contributed by atoms with van der Waals surface area (Å²) in [5.41, 5.74) is 1.31. The molecule has 0 saturated carbocycles. The number of allylic oxidation sites excluding steroid dienone is 4. The molecular weight excluding hydrogens is 200 g/mol. The zero-order valence-electron chi connectivity index (χ0n) is 10.9. The lowest BCUT2D eigenvalue weighted by Gasteiger charge is -2.29. The van der Waals surface area contributed by atoms with E-state index in [0.717, 1.165) is 6.42 Å². The summed E-state index contributed by atoms with van der Waals surface area (Å²) in [5, 5.41) is 0. The van der Waals surface area contributed by atoms with E-state index in [2.05, 4.69) is 52.6 Å². The van der Waals surface area contributed by atoms with Crippen LogP contribution in [0.25, 0.3) is 0 Å². The quantitative estimate of drug-likeness (QED) is 0.648. The molecule has 1 rings (SSSR count). The van der Waals surface area contributed by atoms with E-state index in [-0.39, 0.29) is 0 Å². The SMILES string of the molecule is CC1=C(O[Si](C)(C)C)C[C@H](C(C)C)C=C1. The number of hydrogen-bond acceptors (Lipinski definition) is 1. The van der Waals surface area contributed by atoms with Crippen LogP contribution in [0.5, 0.6) is 0 Å². The van der Waals surface area contributed by atoms with Crippen molar-refractivity contribution in [2.75, 3.05) is 0 Å². The minimum absolute atomic E-state index is 0.653. The summed E-state index contributed by atoms with van der Waals surface area (Å²) in [6, 6.07) is 0. The normalized spacial score (nSPS) is 22.5. The summed E-state index contributed by atoms with van der Waals surface area (Å²) >= 11 is 0. The highest BCUT2D eigenvalue weighted by atomic mass is 28.4. The molecule has 15 heavy (non-hydrogen) atoms. The van der Waals surface area contributed by atoms with Gasteiger partial charge in [0.2, 0.25) is 8.32 Å². The Bertz CT molecular complexity index is 281. The topological polar surface area (TPSA) is 9.23 Å². The van der Waals surface area contributed by atoms with Crippen LogP contribution in [0, 0.1) is 11.8 Å². The molecule has 86 valence electrons. The third-order valence-electron chi connectivity index (χ3n) is 2.74. The maximum absolute atomic E-state index is 6.14. The highest BCUT2D eigenvalue weighted by molar-refractivity contribution is 6.70. The van der Waals surface area contributed by atoms with E-state index in [9.17, 15) is 0 Å². The van der Waals surface area contributed by atoms with Crippen molar-refractivity contribution in [1.82, 2.24) is 0 Å². The van der Waals surface area contributed by atoms with E-state index in [4.69, 9.17) is 4.43 Å². The van der Waals surface area contributed by atoms with Gasteiger partial charge in [0.1, 0.15) is 0 Å². The van der Waals surface area contributed by atoms with Crippen molar-refractivity contribution in [3.8, 4) is 0 Å². The average Bonchev–Trinajstić information content (AvgIpc) is 2.06. The van der Waals surface area contributed by atoms with Crippen LogP contribution in [0.3, 0.4) is 0 Å². The van der Waals surface area contributed by atoms with Gasteiger partial charge >= 0.3 is 0 Å². The minimum Gasteiger partial charge on any atom is -0.547 e. The first-order valence-electron chi connectivity index (χ1n) is 5.86. The number of hydrogen-bond donors (Lipinski definition) is 0. The number of rotatable bonds is 3. The largest absolute Gasteiger partial charge is 0.547 e. The molecule has 1 atom stereocenters. The Morgan fingerprint density at radius 1 is 1.33 bits per heavy atom. The summed E-state index contributed by atoms with van der Waals surface area (Å²) in [6.45, 7) is 13.5. The predicted octanol–water partition coefficient (Wildman–Crippen LogP) is 4.34. The Kier molecular flexibility index (Phi) is 3.82.